The summed E-state index contributed by atoms with van der Waals surface area (Å²) in [4.78, 5) is 0. The highest BCUT2D eigenvalue weighted by molar-refractivity contribution is 5.33. The van der Waals surface area contributed by atoms with Gasteiger partial charge in [-0.1, -0.05) is 52.0 Å². The van der Waals surface area contributed by atoms with E-state index >= 15 is 0 Å². The molecule has 0 spiro atoms. The van der Waals surface area contributed by atoms with Crippen LogP contribution in [0.4, 0.5) is 0 Å². The van der Waals surface area contributed by atoms with E-state index in [1.807, 2.05) is 13.0 Å². The third kappa shape index (κ3) is 3.56. The summed E-state index contributed by atoms with van der Waals surface area (Å²) in [5, 5.41) is 3.51. The van der Waals surface area contributed by atoms with Crippen molar-refractivity contribution in [1.82, 2.24) is 5.32 Å². The summed E-state index contributed by atoms with van der Waals surface area (Å²) >= 11 is 0. The summed E-state index contributed by atoms with van der Waals surface area (Å²) in [6.07, 6.45) is 1.14. The van der Waals surface area contributed by atoms with Gasteiger partial charge in [0.25, 0.3) is 0 Å². The van der Waals surface area contributed by atoms with Gasteiger partial charge in [-0.2, -0.15) is 0 Å². The smallest absolute Gasteiger partial charge is 0.125 e. The largest absolute Gasteiger partial charge is 0.464 e. The highest BCUT2D eigenvalue weighted by atomic mass is 16.3. The van der Waals surface area contributed by atoms with Gasteiger partial charge in [-0.25, -0.2) is 0 Å². The van der Waals surface area contributed by atoms with E-state index in [9.17, 15) is 0 Å². The van der Waals surface area contributed by atoms with Gasteiger partial charge in [-0.15, -0.1) is 0 Å². The minimum absolute atomic E-state index is 0.127. The molecule has 2 aromatic rings. The maximum Gasteiger partial charge on any atom is 0.125 e. The predicted molar refractivity (Wildman–Crippen MR) is 88.7 cm³/mol. The topological polar surface area (TPSA) is 25.2 Å². The number of rotatable bonds is 6. The van der Waals surface area contributed by atoms with Gasteiger partial charge in [0.1, 0.15) is 11.5 Å². The minimum atomic E-state index is 0.127. The Kier molecular flexibility index (Phi) is 4.89. The van der Waals surface area contributed by atoms with E-state index in [-0.39, 0.29) is 11.5 Å². The second-order valence-electron chi connectivity index (χ2n) is 6.30. The van der Waals surface area contributed by atoms with Crippen molar-refractivity contribution in [2.45, 2.75) is 52.5 Å². The van der Waals surface area contributed by atoms with Crippen LogP contribution < -0.4 is 5.32 Å². The van der Waals surface area contributed by atoms with Gasteiger partial charge in [-0.3, -0.25) is 0 Å². The first-order chi connectivity index (χ1) is 9.97. The van der Waals surface area contributed by atoms with Gasteiger partial charge >= 0.3 is 0 Å². The van der Waals surface area contributed by atoms with Crippen LogP contribution in [-0.4, -0.2) is 6.54 Å². The molecule has 1 unspecified atom stereocenters. The van der Waals surface area contributed by atoms with Crippen LogP contribution in [0.1, 0.15) is 62.8 Å². The molecule has 1 atom stereocenters. The fourth-order valence-electron chi connectivity index (χ4n) is 2.53. The lowest BCUT2D eigenvalue weighted by atomic mass is 9.82. The SMILES string of the molecule is CCNC(c1ccc(C(C)(C)CC)cc1)c1ccc(C)o1. The molecule has 0 fully saturated rings. The number of hydrogen-bond acceptors (Lipinski definition) is 2. The van der Waals surface area contributed by atoms with E-state index in [0.717, 1.165) is 24.5 Å². The van der Waals surface area contributed by atoms with Gasteiger partial charge in [0, 0.05) is 0 Å². The second-order valence-corrected chi connectivity index (χ2v) is 6.30. The van der Waals surface area contributed by atoms with Gasteiger partial charge in [-0.05, 0) is 48.6 Å². The summed E-state index contributed by atoms with van der Waals surface area (Å²) in [5.74, 6) is 1.94. The first-order valence-corrected chi connectivity index (χ1v) is 7.88. The van der Waals surface area contributed by atoms with Crippen LogP contribution in [0.2, 0.25) is 0 Å². The van der Waals surface area contributed by atoms with Crippen molar-refractivity contribution in [2.24, 2.45) is 0 Å². The Hall–Kier alpha value is -1.54. The summed E-state index contributed by atoms with van der Waals surface area (Å²) < 4.78 is 5.81. The minimum Gasteiger partial charge on any atom is -0.464 e. The molecule has 21 heavy (non-hydrogen) atoms. The van der Waals surface area contributed by atoms with Crippen LogP contribution in [0.25, 0.3) is 0 Å². The van der Waals surface area contributed by atoms with Crippen molar-refractivity contribution < 1.29 is 4.42 Å². The maximum atomic E-state index is 5.81. The summed E-state index contributed by atoms with van der Waals surface area (Å²) in [7, 11) is 0. The molecular formula is C19H27NO. The molecule has 0 saturated carbocycles. The molecule has 0 bridgehead atoms. The zero-order valence-electron chi connectivity index (χ0n) is 13.9. The molecule has 1 aromatic carbocycles. The summed E-state index contributed by atoms with van der Waals surface area (Å²) in [5.41, 5.74) is 2.87. The van der Waals surface area contributed by atoms with E-state index in [1.54, 1.807) is 0 Å². The molecule has 0 aliphatic heterocycles. The van der Waals surface area contributed by atoms with Gasteiger partial charge in [0.15, 0.2) is 0 Å². The molecule has 0 amide bonds. The van der Waals surface area contributed by atoms with E-state index < -0.39 is 0 Å². The number of benzene rings is 1. The number of furan rings is 1. The number of aryl methyl sites for hydroxylation is 1. The van der Waals surface area contributed by atoms with Crippen LogP contribution in [0.15, 0.2) is 40.8 Å². The summed E-state index contributed by atoms with van der Waals surface area (Å²) in [6.45, 7) is 11.8. The highest BCUT2D eigenvalue weighted by Crippen LogP contribution is 2.29. The molecule has 114 valence electrons. The van der Waals surface area contributed by atoms with E-state index in [0.29, 0.717) is 0 Å². The highest BCUT2D eigenvalue weighted by Gasteiger charge is 2.20. The predicted octanol–water partition coefficient (Wildman–Crippen LogP) is 4.97. The maximum absolute atomic E-state index is 5.81. The average molecular weight is 285 g/mol. The molecule has 0 radical (unpaired) electrons. The Bertz CT molecular complexity index is 566. The second kappa shape index (κ2) is 6.48. The zero-order chi connectivity index (χ0) is 15.5. The molecule has 2 rings (SSSR count). The molecule has 2 nitrogen and oxygen atoms in total. The van der Waals surface area contributed by atoms with E-state index in [2.05, 4.69) is 63.3 Å². The lowest BCUT2D eigenvalue weighted by Gasteiger charge is -2.24. The quantitative estimate of drug-likeness (QED) is 0.810. The first-order valence-electron chi connectivity index (χ1n) is 7.88. The van der Waals surface area contributed by atoms with Crippen molar-refractivity contribution in [3.8, 4) is 0 Å². The van der Waals surface area contributed by atoms with Crippen molar-refractivity contribution in [2.75, 3.05) is 6.54 Å². The molecule has 1 heterocycles. The normalized spacial score (nSPS) is 13.4. The van der Waals surface area contributed by atoms with Crippen molar-refractivity contribution in [3.63, 3.8) is 0 Å². The molecule has 0 aliphatic rings. The fourth-order valence-corrected chi connectivity index (χ4v) is 2.53. The van der Waals surface area contributed by atoms with Crippen LogP contribution in [0, 0.1) is 6.92 Å². The average Bonchev–Trinajstić information content (AvgIpc) is 2.91. The Morgan fingerprint density at radius 1 is 1.05 bits per heavy atom. The van der Waals surface area contributed by atoms with Crippen molar-refractivity contribution in [3.05, 3.63) is 59.0 Å². The Morgan fingerprint density at radius 2 is 1.71 bits per heavy atom. The zero-order valence-corrected chi connectivity index (χ0v) is 13.9. The van der Waals surface area contributed by atoms with Gasteiger partial charge in [0.2, 0.25) is 0 Å². The van der Waals surface area contributed by atoms with E-state index in [1.165, 1.54) is 11.1 Å². The fraction of sp³-hybridized carbons (Fsp3) is 0.474. The van der Waals surface area contributed by atoms with Crippen LogP contribution in [0.5, 0.6) is 0 Å². The number of hydrogen-bond donors (Lipinski definition) is 1. The van der Waals surface area contributed by atoms with Crippen LogP contribution in [0.3, 0.4) is 0 Å². The third-order valence-electron chi connectivity index (χ3n) is 4.36. The van der Waals surface area contributed by atoms with Gasteiger partial charge in [0.05, 0.1) is 6.04 Å². The van der Waals surface area contributed by atoms with Crippen molar-refractivity contribution in [1.29, 1.82) is 0 Å². The third-order valence-corrected chi connectivity index (χ3v) is 4.36. The van der Waals surface area contributed by atoms with E-state index in [4.69, 9.17) is 4.42 Å². The molecule has 2 heteroatoms. The van der Waals surface area contributed by atoms with Crippen molar-refractivity contribution >= 4 is 0 Å². The lowest BCUT2D eigenvalue weighted by Crippen LogP contribution is -2.22. The lowest BCUT2D eigenvalue weighted by molar-refractivity contribution is 0.434. The Morgan fingerprint density at radius 3 is 2.19 bits per heavy atom. The molecule has 0 saturated heterocycles. The monoisotopic (exact) mass is 285 g/mol. The molecule has 0 aliphatic carbocycles. The number of nitrogens with one attached hydrogen (secondary N) is 1. The van der Waals surface area contributed by atoms with Crippen LogP contribution in [-0.2, 0) is 5.41 Å². The van der Waals surface area contributed by atoms with Gasteiger partial charge < -0.3 is 9.73 Å². The molecular weight excluding hydrogens is 258 g/mol. The molecule has 1 N–H and O–H groups in total. The standard InChI is InChI=1S/C19H27NO/c1-6-19(4,5)16-11-9-15(10-12-16)18(20-7-2)17-13-8-14(3)21-17/h8-13,18,20H,6-7H2,1-5H3. The van der Waals surface area contributed by atoms with Crippen LogP contribution >= 0.6 is 0 Å². The first kappa shape index (κ1) is 15.8. The summed E-state index contributed by atoms with van der Waals surface area (Å²) in [6, 6.07) is 13.1. The molecule has 1 aromatic heterocycles. The Labute approximate surface area is 128 Å². The Balaban J connectivity index is 2.29.